The molecule has 0 spiro atoms. The molecule has 4 nitrogen and oxygen atoms in total. The lowest BCUT2D eigenvalue weighted by Gasteiger charge is -2.07. The number of hydrogen-bond acceptors (Lipinski definition) is 5. The first-order chi connectivity index (χ1) is 8.70. The molecule has 18 heavy (non-hydrogen) atoms. The van der Waals surface area contributed by atoms with Gasteiger partial charge in [0.25, 0.3) is 0 Å². The van der Waals surface area contributed by atoms with E-state index in [0.29, 0.717) is 17.9 Å². The molecule has 0 aliphatic heterocycles. The highest BCUT2D eigenvalue weighted by Crippen LogP contribution is 2.21. The van der Waals surface area contributed by atoms with Crippen molar-refractivity contribution >= 4 is 16.5 Å². The van der Waals surface area contributed by atoms with Gasteiger partial charge in [-0.2, -0.15) is 0 Å². The molecule has 1 heterocycles. The molecule has 1 aromatic carbocycles. The maximum absolute atomic E-state index is 13.1. The van der Waals surface area contributed by atoms with E-state index in [1.807, 2.05) is 6.92 Å². The number of benzene rings is 1. The smallest absolute Gasteiger partial charge is 0.136 e. The van der Waals surface area contributed by atoms with Crippen LogP contribution in [0, 0.1) is 12.7 Å². The summed E-state index contributed by atoms with van der Waals surface area (Å²) in [4.78, 5) is 0. The van der Waals surface area contributed by atoms with Crippen molar-refractivity contribution < 1.29 is 9.13 Å². The normalized spacial score (nSPS) is 10.4. The lowest BCUT2D eigenvalue weighted by atomic mass is 10.2. The highest BCUT2D eigenvalue weighted by atomic mass is 32.1. The Balaban J connectivity index is 2.02. The summed E-state index contributed by atoms with van der Waals surface area (Å²) < 4.78 is 22.5. The van der Waals surface area contributed by atoms with Crippen LogP contribution in [-0.2, 0) is 6.61 Å². The van der Waals surface area contributed by atoms with Gasteiger partial charge in [-0.05, 0) is 37.6 Å². The highest BCUT2D eigenvalue weighted by molar-refractivity contribution is 7.10. The Hall–Kier alpha value is -1.69. The lowest BCUT2D eigenvalue weighted by molar-refractivity contribution is 0.301. The molecule has 0 amide bonds. The van der Waals surface area contributed by atoms with Crippen LogP contribution in [0.15, 0.2) is 18.2 Å². The van der Waals surface area contributed by atoms with Crippen LogP contribution in [-0.4, -0.2) is 16.1 Å². The lowest BCUT2D eigenvalue weighted by Crippen LogP contribution is -2.02. The maximum Gasteiger partial charge on any atom is 0.136 e. The zero-order valence-corrected chi connectivity index (χ0v) is 11.1. The molecule has 96 valence electrons. The summed E-state index contributed by atoms with van der Waals surface area (Å²) in [6, 6.07) is 4.67. The molecule has 1 N–H and O–H groups in total. The molecule has 2 aromatic rings. The van der Waals surface area contributed by atoms with Gasteiger partial charge in [0.1, 0.15) is 28.9 Å². The molecule has 6 heteroatoms. The van der Waals surface area contributed by atoms with E-state index in [1.54, 1.807) is 19.1 Å². The van der Waals surface area contributed by atoms with Crippen molar-refractivity contribution in [3.8, 4) is 5.75 Å². The number of aromatic nitrogens is 2. The zero-order valence-electron chi connectivity index (χ0n) is 10.2. The van der Waals surface area contributed by atoms with Crippen molar-refractivity contribution in [2.75, 3.05) is 11.9 Å². The number of halogens is 1. The molecule has 1 aromatic heterocycles. The summed E-state index contributed by atoms with van der Waals surface area (Å²) in [5.74, 6) is 0.398. The van der Waals surface area contributed by atoms with E-state index in [-0.39, 0.29) is 5.82 Å². The molecule has 0 aliphatic rings. The number of ether oxygens (including phenoxy) is 1. The number of rotatable bonds is 5. The second-order valence-electron chi connectivity index (χ2n) is 3.78. The standard InChI is InChI=1S/C12H14FN3OS/c1-3-14-12-11(15-16-18-12)7-17-9-4-5-10(13)8(2)6-9/h4-6,14H,3,7H2,1-2H3. The van der Waals surface area contributed by atoms with Gasteiger partial charge >= 0.3 is 0 Å². The summed E-state index contributed by atoms with van der Waals surface area (Å²) >= 11 is 1.30. The van der Waals surface area contributed by atoms with E-state index in [2.05, 4.69) is 14.9 Å². The van der Waals surface area contributed by atoms with Gasteiger partial charge in [-0.1, -0.05) is 4.49 Å². The third kappa shape index (κ3) is 2.95. The van der Waals surface area contributed by atoms with Gasteiger partial charge in [0.2, 0.25) is 0 Å². The minimum atomic E-state index is -0.231. The van der Waals surface area contributed by atoms with Crippen molar-refractivity contribution in [2.45, 2.75) is 20.5 Å². The van der Waals surface area contributed by atoms with Crippen LogP contribution in [0.4, 0.5) is 9.39 Å². The molecule has 0 aliphatic carbocycles. The average Bonchev–Trinajstić information content (AvgIpc) is 2.79. The summed E-state index contributed by atoms with van der Waals surface area (Å²) in [7, 11) is 0. The third-order valence-corrected chi connectivity index (χ3v) is 3.12. The minimum absolute atomic E-state index is 0.231. The van der Waals surface area contributed by atoms with Crippen LogP contribution in [0.1, 0.15) is 18.2 Å². The number of aryl methyl sites for hydroxylation is 1. The van der Waals surface area contributed by atoms with Gasteiger partial charge in [0.05, 0.1) is 0 Å². The molecule has 0 unspecified atom stereocenters. The first-order valence-electron chi connectivity index (χ1n) is 5.64. The monoisotopic (exact) mass is 267 g/mol. The van der Waals surface area contributed by atoms with Gasteiger partial charge in [0, 0.05) is 18.1 Å². The Bertz CT molecular complexity index is 530. The molecule has 0 radical (unpaired) electrons. The first kappa shape index (κ1) is 12.8. The summed E-state index contributed by atoms with van der Waals surface area (Å²) in [6.45, 7) is 4.85. The summed E-state index contributed by atoms with van der Waals surface area (Å²) in [5, 5.41) is 8.08. The molecular weight excluding hydrogens is 253 g/mol. The zero-order chi connectivity index (χ0) is 13.0. The topological polar surface area (TPSA) is 47.0 Å². The van der Waals surface area contributed by atoms with Crippen molar-refractivity contribution in [1.82, 2.24) is 9.59 Å². The molecule has 0 saturated carbocycles. The van der Waals surface area contributed by atoms with E-state index in [4.69, 9.17) is 4.74 Å². The largest absolute Gasteiger partial charge is 0.487 e. The minimum Gasteiger partial charge on any atom is -0.487 e. The Morgan fingerprint density at radius 1 is 1.44 bits per heavy atom. The fourth-order valence-electron chi connectivity index (χ4n) is 1.46. The van der Waals surface area contributed by atoms with Crippen LogP contribution in [0.3, 0.4) is 0 Å². The van der Waals surface area contributed by atoms with Crippen LogP contribution in [0.5, 0.6) is 5.75 Å². The predicted molar refractivity (Wildman–Crippen MR) is 69.5 cm³/mol. The van der Waals surface area contributed by atoms with Gasteiger partial charge in [-0.3, -0.25) is 0 Å². The van der Waals surface area contributed by atoms with Crippen LogP contribution >= 0.6 is 11.5 Å². The molecule has 2 rings (SSSR count). The van der Waals surface area contributed by atoms with Gasteiger partial charge in [-0.25, -0.2) is 4.39 Å². The average molecular weight is 267 g/mol. The number of anilines is 1. The van der Waals surface area contributed by atoms with E-state index < -0.39 is 0 Å². The van der Waals surface area contributed by atoms with Crippen LogP contribution in [0.2, 0.25) is 0 Å². The van der Waals surface area contributed by atoms with Crippen molar-refractivity contribution in [3.05, 3.63) is 35.3 Å². The van der Waals surface area contributed by atoms with E-state index >= 15 is 0 Å². The van der Waals surface area contributed by atoms with E-state index in [0.717, 1.165) is 17.2 Å². The Morgan fingerprint density at radius 3 is 3.00 bits per heavy atom. The van der Waals surface area contributed by atoms with Crippen LogP contribution in [0.25, 0.3) is 0 Å². The van der Waals surface area contributed by atoms with E-state index in [1.165, 1.54) is 17.6 Å². The molecular formula is C12H14FN3OS. The first-order valence-corrected chi connectivity index (χ1v) is 6.42. The third-order valence-electron chi connectivity index (χ3n) is 2.40. The molecule has 0 bridgehead atoms. The fraction of sp³-hybridized carbons (Fsp3) is 0.333. The van der Waals surface area contributed by atoms with Crippen molar-refractivity contribution in [3.63, 3.8) is 0 Å². The number of nitrogens with zero attached hydrogens (tertiary/aromatic N) is 2. The van der Waals surface area contributed by atoms with Gasteiger partial charge in [0.15, 0.2) is 0 Å². The van der Waals surface area contributed by atoms with Crippen molar-refractivity contribution in [1.29, 1.82) is 0 Å². The number of hydrogen-bond donors (Lipinski definition) is 1. The van der Waals surface area contributed by atoms with Crippen LogP contribution < -0.4 is 10.1 Å². The Kier molecular flexibility index (Phi) is 4.09. The van der Waals surface area contributed by atoms with E-state index in [9.17, 15) is 4.39 Å². The van der Waals surface area contributed by atoms with Gasteiger partial charge < -0.3 is 10.1 Å². The maximum atomic E-state index is 13.1. The summed E-state index contributed by atoms with van der Waals surface area (Å²) in [6.07, 6.45) is 0. The SMILES string of the molecule is CCNc1snnc1COc1ccc(F)c(C)c1. The fourth-order valence-corrected chi connectivity index (χ4v) is 2.09. The predicted octanol–water partition coefficient (Wildman–Crippen LogP) is 3.00. The summed E-state index contributed by atoms with van der Waals surface area (Å²) in [5.41, 5.74) is 1.33. The number of nitrogens with one attached hydrogen (secondary N) is 1. The van der Waals surface area contributed by atoms with Crippen molar-refractivity contribution in [2.24, 2.45) is 0 Å². The Morgan fingerprint density at radius 2 is 2.28 bits per heavy atom. The quantitative estimate of drug-likeness (QED) is 0.904. The second kappa shape index (κ2) is 5.77. The second-order valence-corrected chi connectivity index (χ2v) is 4.53. The van der Waals surface area contributed by atoms with Gasteiger partial charge in [-0.15, -0.1) is 5.10 Å². The molecule has 0 atom stereocenters. The molecule has 0 saturated heterocycles. The molecule has 0 fully saturated rings. The highest BCUT2D eigenvalue weighted by Gasteiger charge is 2.08. The Labute approximate surface area is 109 Å².